The molecule has 1 aliphatic carbocycles. The molecule has 1 aromatic rings. The highest BCUT2D eigenvalue weighted by Crippen LogP contribution is 2.49. The Hall–Kier alpha value is -1.70. The van der Waals surface area contributed by atoms with Crippen molar-refractivity contribution in [3.05, 3.63) is 23.8 Å². The third-order valence-corrected chi connectivity index (χ3v) is 7.70. The highest BCUT2D eigenvalue weighted by molar-refractivity contribution is 6.62. The van der Waals surface area contributed by atoms with Crippen molar-refractivity contribution < 1.29 is 18.9 Å². The monoisotopic (exact) mass is 396 g/mol. The van der Waals surface area contributed by atoms with Crippen LogP contribution in [0.5, 0.6) is 0 Å². The van der Waals surface area contributed by atoms with Gasteiger partial charge in [-0.15, -0.1) is 0 Å². The van der Waals surface area contributed by atoms with Gasteiger partial charge in [-0.25, -0.2) is 0 Å². The van der Waals surface area contributed by atoms with E-state index in [1.807, 2.05) is 38.7 Å². The Bertz CT molecular complexity index is 867. The highest BCUT2D eigenvalue weighted by Gasteiger charge is 2.56. The summed E-state index contributed by atoms with van der Waals surface area (Å²) >= 11 is 0. The van der Waals surface area contributed by atoms with Crippen molar-refractivity contribution in [2.45, 2.75) is 76.0 Å². The molecular weight excluding hydrogens is 367 g/mol. The maximum atomic E-state index is 13.6. The van der Waals surface area contributed by atoms with E-state index in [-0.39, 0.29) is 17.7 Å². The maximum Gasteiger partial charge on any atom is 0.494 e. The number of nitrogens with zero attached hydrogens (tertiary/aromatic N) is 1. The van der Waals surface area contributed by atoms with Gasteiger partial charge < -0.3 is 19.5 Å². The molecule has 2 saturated heterocycles. The zero-order valence-corrected chi connectivity index (χ0v) is 17.7. The molecule has 1 N–H and O–H groups in total. The second kappa shape index (κ2) is 6.16. The molecule has 0 aromatic heterocycles. The number of Topliss-reactive ketones (excluding diaryl/α,β-unsaturated/α-hetero) is 1. The lowest BCUT2D eigenvalue weighted by molar-refractivity contribution is -0.128. The van der Waals surface area contributed by atoms with Crippen LogP contribution in [0.2, 0.25) is 0 Å². The minimum atomic E-state index is -0.465. The smallest absolute Gasteiger partial charge is 0.399 e. The molecule has 0 radical (unpaired) electrons. The van der Waals surface area contributed by atoms with Gasteiger partial charge in [-0.2, -0.15) is 0 Å². The van der Waals surface area contributed by atoms with Gasteiger partial charge in [0.05, 0.1) is 22.7 Å². The Morgan fingerprint density at radius 3 is 2.24 bits per heavy atom. The zero-order valence-electron chi connectivity index (χ0n) is 17.7. The first-order valence-corrected chi connectivity index (χ1v) is 10.7. The summed E-state index contributed by atoms with van der Waals surface area (Å²) in [6.45, 7) is 9.84. The van der Waals surface area contributed by atoms with Crippen LogP contribution in [0.25, 0.3) is 0 Å². The van der Waals surface area contributed by atoms with E-state index in [0.717, 1.165) is 42.6 Å². The number of fused-ring (bicyclic) bond motifs is 2. The summed E-state index contributed by atoms with van der Waals surface area (Å²) in [5.74, 6) is 0.398. The first-order chi connectivity index (χ1) is 13.6. The molecule has 1 aromatic carbocycles. The average molecular weight is 396 g/mol. The third kappa shape index (κ3) is 2.67. The molecule has 154 valence electrons. The van der Waals surface area contributed by atoms with Crippen LogP contribution in [0, 0.1) is 0 Å². The van der Waals surface area contributed by atoms with Gasteiger partial charge in [0.15, 0.2) is 0 Å². The van der Waals surface area contributed by atoms with Crippen molar-refractivity contribution in [2.75, 3.05) is 18.0 Å². The Balaban J connectivity index is 1.56. The molecule has 3 aliphatic heterocycles. The second-order valence-electron chi connectivity index (χ2n) is 9.97. The predicted molar refractivity (Wildman–Crippen MR) is 111 cm³/mol. The number of anilines is 1. The van der Waals surface area contributed by atoms with E-state index < -0.39 is 23.7 Å². The molecule has 0 unspecified atom stereocenters. The number of amides is 1. The molecule has 1 saturated carbocycles. The minimum absolute atomic E-state index is 0.0171. The third-order valence-electron chi connectivity index (χ3n) is 7.70. The highest BCUT2D eigenvalue weighted by atomic mass is 16.7. The Kier molecular flexibility index (Phi) is 4.09. The van der Waals surface area contributed by atoms with Gasteiger partial charge in [-0.1, -0.05) is 12.1 Å². The fourth-order valence-electron chi connectivity index (χ4n) is 5.08. The molecule has 1 amide bonds. The lowest BCUT2D eigenvalue weighted by Gasteiger charge is -2.37. The number of carbonyl (C=O) groups is 2. The first kappa shape index (κ1) is 19.3. The van der Waals surface area contributed by atoms with Gasteiger partial charge >= 0.3 is 7.12 Å². The van der Waals surface area contributed by atoms with Crippen LogP contribution < -0.4 is 15.7 Å². The molecule has 4 aliphatic rings. The van der Waals surface area contributed by atoms with Crippen LogP contribution in [0.4, 0.5) is 5.69 Å². The van der Waals surface area contributed by atoms with Gasteiger partial charge in [0, 0.05) is 18.5 Å². The summed E-state index contributed by atoms with van der Waals surface area (Å²) in [5, 5.41) is 3.38. The molecular formula is C22H29BN2O4. The number of nitrogens with one attached hydrogen (secondary N) is 1. The summed E-state index contributed by atoms with van der Waals surface area (Å²) in [5.41, 5.74) is 1.68. The first-order valence-electron chi connectivity index (χ1n) is 10.7. The van der Waals surface area contributed by atoms with Gasteiger partial charge in [-0.05, 0) is 70.7 Å². The molecule has 7 heteroatoms. The molecule has 0 atom stereocenters. The van der Waals surface area contributed by atoms with E-state index >= 15 is 0 Å². The molecule has 29 heavy (non-hydrogen) atoms. The van der Waals surface area contributed by atoms with Crippen LogP contribution in [0.1, 0.15) is 58.9 Å². The number of benzene rings is 1. The lowest BCUT2D eigenvalue weighted by atomic mass is 9.72. The summed E-state index contributed by atoms with van der Waals surface area (Å²) in [4.78, 5) is 27.2. The summed E-state index contributed by atoms with van der Waals surface area (Å²) in [6, 6.07) is 6.19. The van der Waals surface area contributed by atoms with Crippen molar-refractivity contribution >= 4 is 30.0 Å². The molecule has 3 fully saturated rings. The van der Waals surface area contributed by atoms with Crippen molar-refractivity contribution in [1.29, 1.82) is 0 Å². The number of rotatable bonds is 2. The lowest BCUT2D eigenvalue weighted by Crippen LogP contribution is -2.53. The van der Waals surface area contributed by atoms with E-state index in [1.54, 1.807) is 0 Å². The standard InChI is InChI=1S/C22H29BN2O4/c1-20(2)21(3,4)29-23(28-20)14-5-6-17-18(11-14)25(15-12-16(26)13-15)19(27)22(17)7-9-24-10-8-22/h5-6,11,15,24H,7-10,12-13H2,1-4H3. The Morgan fingerprint density at radius 2 is 1.66 bits per heavy atom. The van der Waals surface area contributed by atoms with Crippen LogP contribution in [-0.2, 0) is 24.3 Å². The van der Waals surface area contributed by atoms with Gasteiger partial charge in [0.25, 0.3) is 0 Å². The van der Waals surface area contributed by atoms with E-state index in [2.05, 4.69) is 17.4 Å². The predicted octanol–water partition coefficient (Wildman–Crippen LogP) is 1.69. The zero-order chi connectivity index (χ0) is 20.6. The fourth-order valence-corrected chi connectivity index (χ4v) is 5.08. The van der Waals surface area contributed by atoms with Crippen molar-refractivity contribution in [3.8, 4) is 0 Å². The van der Waals surface area contributed by atoms with Crippen molar-refractivity contribution in [1.82, 2.24) is 5.32 Å². The van der Waals surface area contributed by atoms with E-state index in [4.69, 9.17) is 9.31 Å². The molecule has 3 heterocycles. The Labute approximate surface area is 172 Å². The van der Waals surface area contributed by atoms with E-state index in [9.17, 15) is 9.59 Å². The van der Waals surface area contributed by atoms with Crippen molar-refractivity contribution in [2.24, 2.45) is 0 Å². The molecule has 6 nitrogen and oxygen atoms in total. The normalized spacial score (nSPS) is 27.4. The number of piperidine rings is 1. The average Bonchev–Trinajstić information content (AvgIpc) is 3.00. The summed E-state index contributed by atoms with van der Waals surface area (Å²) in [6.07, 6.45) is 2.51. The molecule has 5 rings (SSSR count). The van der Waals surface area contributed by atoms with E-state index in [1.165, 1.54) is 0 Å². The Morgan fingerprint density at radius 1 is 1.03 bits per heavy atom. The number of ketones is 1. The van der Waals surface area contributed by atoms with Crippen LogP contribution in [0.15, 0.2) is 18.2 Å². The largest absolute Gasteiger partial charge is 0.494 e. The fraction of sp³-hybridized carbons (Fsp3) is 0.636. The van der Waals surface area contributed by atoms with Gasteiger partial charge in [-0.3, -0.25) is 9.59 Å². The topological polar surface area (TPSA) is 67.9 Å². The maximum absolute atomic E-state index is 13.6. The van der Waals surface area contributed by atoms with Crippen LogP contribution in [0.3, 0.4) is 0 Å². The number of carbonyl (C=O) groups excluding carboxylic acids is 2. The number of hydrogen-bond donors (Lipinski definition) is 1. The summed E-state index contributed by atoms with van der Waals surface area (Å²) in [7, 11) is -0.463. The van der Waals surface area contributed by atoms with Crippen LogP contribution in [-0.4, -0.2) is 49.1 Å². The SMILES string of the molecule is CC1(C)OB(c2ccc3c(c2)N(C2CC(=O)C2)C(=O)C32CCNCC2)OC1(C)C. The second-order valence-corrected chi connectivity index (χ2v) is 9.97. The number of hydrogen-bond acceptors (Lipinski definition) is 5. The van der Waals surface area contributed by atoms with Crippen LogP contribution >= 0.6 is 0 Å². The quantitative estimate of drug-likeness (QED) is 0.771. The van der Waals surface area contributed by atoms with Gasteiger partial charge in [0.1, 0.15) is 5.78 Å². The van der Waals surface area contributed by atoms with E-state index in [0.29, 0.717) is 12.8 Å². The molecule has 0 bridgehead atoms. The molecule has 1 spiro atoms. The van der Waals surface area contributed by atoms with Crippen molar-refractivity contribution in [3.63, 3.8) is 0 Å². The summed E-state index contributed by atoms with van der Waals surface area (Å²) < 4.78 is 12.5. The van der Waals surface area contributed by atoms with Gasteiger partial charge in [0.2, 0.25) is 5.91 Å². The minimum Gasteiger partial charge on any atom is -0.399 e.